The van der Waals surface area contributed by atoms with Crippen molar-refractivity contribution < 1.29 is 13.2 Å². The largest absolute Gasteiger partial charge is 0.389 e. The van der Waals surface area contributed by atoms with Crippen molar-refractivity contribution in [2.75, 3.05) is 19.6 Å². The molecule has 0 bridgehead atoms. The van der Waals surface area contributed by atoms with Crippen molar-refractivity contribution in [2.45, 2.75) is 51.7 Å². The summed E-state index contributed by atoms with van der Waals surface area (Å²) < 4.78 is 35.5. The minimum absolute atomic E-state index is 0.00121. The fourth-order valence-corrected chi connectivity index (χ4v) is 1.52. The Morgan fingerprint density at radius 2 is 1.69 bits per heavy atom. The van der Waals surface area contributed by atoms with Crippen molar-refractivity contribution in [3.05, 3.63) is 0 Å². The first-order valence-corrected chi connectivity index (χ1v) is 5.79. The maximum Gasteiger partial charge on any atom is 0.389 e. The third-order valence-corrected chi connectivity index (χ3v) is 2.29. The van der Waals surface area contributed by atoms with Crippen LogP contribution in [0.1, 0.15) is 40.0 Å². The molecule has 0 radical (unpaired) electrons. The first-order chi connectivity index (χ1) is 7.27. The number of hydrogen-bond donors (Lipinski definition) is 2. The third kappa shape index (κ3) is 10.2. The highest BCUT2D eigenvalue weighted by molar-refractivity contribution is 4.79. The van der Waals surface area contributed by atoms with E-state index in [1.165, 1.54) is 0 Å². The van der Waals surface area contributed by atoms with E-state index < -0.39 is 12.6 Å². The Bertz CT molecular complexity index is 179. The van der Waals surface area contributed by atoms with Gasteiger partial charge in [-0.05, 0) is 39.8 Å². The minimum Gasteiger partial charge on any atom is -0.315 e. The van der Waals surface area contributed by atoms with Gasteiger partial charge in [0.15, 0.2) is 0 Å². The molecule has 0 aromatic heterocycles. The molecule has 0 fully saturated rings. The number of rotatable bonds is 8. The van der Waals surface area contributed by atoms with Gasteiger partial charge in [-0.2, -0.15) is 13.2 Å². The molecule has 0 heterocycles. The highest BCUT2D eigenvalue weighted by Gasteiger charge is 2.25. The Kier molecular flexibility index (Phi) is 6.99. The van der Waals surface area contributed by atoms with Crippen molar-refractivity contribution in [2.24, 2.45) is 0 Å². The smallest absolute Gasteiger partial charge is 0.315 e. The zero-order valence-electron chi connectivity index (χ0n) is 10.4. The van der Waals surface area contributed by atoms with Crippen LogP contribution in [0.2, 0.25) is 0 Å². The zero-order valence-corrected chi connectivity index (χ0v) is 10.4. The van der Waals surface area contributed by atoms with E-state index in [9.17, 15) is 13.2 Å². The van der Waals surface area contributed by atoms with E-state index in [2.05, 4.69) is 24.5 Å². The van der Waals surface area contributed by atoms with Crippen molar-refractivity contribution in [1.29, 1.82) is 0 Å². The maximum atomic E-state index is 11.8. The third-order valence-electron chi connectivity index (χ3n) is 2.29. The van der Waals surface area contributed by atoms with Crippen LogP contribution >= 0.6 is 0 Å². The van der Waals surface area contributed by atoms with Gasteiger partial charge in [-0.1, -0.05) is 6.92 Å². The van der Waals surface area contributed by atoms with Crippen molar-refractivity contribution in [1.82, 2.24) is 10.6 Å². The number of nitrogens with one attached hydrogen (secondary N) is 2. The predicted molar refractivity (Wildman–Crippen MR) is 60.5 cm³/mol. The second-order valence-corrected chi connectivity index (χ2v) is 4.66. The molecule has 98 valence electrons. The summed E-state index contributed by atoms with van der Waals surface area (Å²) in [7, 11) is 0. The Morgan fingerprint density at radius 3 is 2.19 bits per heavy atom. The van der Waals surface area contributed by atoms with E-state index in [4.69, 9.17) is 0 Å². The van der Waals surface area contributed by atoms with E-state index >= 15 is 0 Å². The van der Waals surface area contributed by atoms with E-state index in [0.717, 1.165) is 13.1 Å². The van der Waals surface area contributed by atoms with Crippen LogP contribution in [0.25, 0.3) is 0 Å². The molecule has 0 aromatic rings. The summed E-state index contributed by atoms with van der Waals surface area (Å²) in [5, 5.41) is 6.46. The van der Waals surface area contributed by atoms with Crippen LogP contribution < -0.4 is 10.6 Å². The Balaban J connectivity index is 3.40. The van der Waals surface area contributed by atoms with Crippen LogP contribution in [0.15, 0.2) is 0 Å². The first kappa shape index (κ1) is 15.7. The zero-order chi connectivity index (χ0) is 12.7. The second-order valence-electron chi connectivity index (χ2n) is 4.66. The molecule has 0 atom stereocenters. The summed E-state index contributed by atoms with van der Waals surface area (Å²) >= 11 is 0. The molecule has 5 heteroatoms. The number of halogens is 3. The Labute approximate surface area is 96.0 Å². The lowest BCUT2D eigenvalue weighted by molar-refractivity contribution is -0.135. The molecule has 0 saturated carbocycles. The molecular formula is C11H23F3N2. The summed E-state index contributed by atoms with van der Waals surface area (Å²) in [5.74, 6) is 0. The van der Waals surface area contributed by atoms with Crippen molar-refractivity contribution in [3.63, 3.8) is 0 Å². The van der Waals surface area contributed by atoms with Gasteiger partial charge in [0.2, 0.25) is 0 Å². The molecule has 0 aromatic carbocycles. The first-order valence-electron chi connectivity index (χ1n) is 5.79. The molecule has 0 saturated heterocycles. The molecule has 0 aliphatic heterocycles. The van der Waals surface area contributed by atoms with Gasteiger partial charge in [-0.25, -0.2) is 0 Å². The van der Waals surface area contributed by atoms with E-state index in [1.807, 2.05) is 6.92 Å². The van der Waals surface area contributed by atoms with Gasteiger partial charge in [0.1, 0.15) is 0 Å². The molecule has 2 N–H and O–H groups in total. The summed E-state index contributed by atoms with van der Waals surface area (Å²) in [6.07, 6.45) is -3.91. The number of alkyl halides is 3. The molecule has 0 unspecified atom stereocenters. The van der Waals surface area contributed by atoms with Gasteiger partial charge >= 0.3 is 6.18 Å². The van der Waals surface area contributed by atoms with Gasteiger partial charge in [0.25, 0.3) is 0 Å². The van der Waals surface area contributed by atoms with Crippen molar-refractivity contribution >= 4 is 0 Å². The molecule has 0 aliphatic carbocycles. The minimum atomic E-state index is -4.01. The Morgan fingerprint density at radius 1 is 1.06 bits per heavy atom. The fourth-order valence-electron chi connectivity index (χ4n) is 1.52. The van der Waals surface area contributed by atoms with Crippen LogP contribution in [0.4, 0.5) is 13.2 Å². The topological polar surface area (TPSA) is 24.1 Å². The monoisotopic (exact) mass is 240 g/mol. The number of likely N-dealkylation sites (N-methyl/N-ethyl adjacent to an activating group) is 1. The van der Waals surface area contributed by atoms with Gasteiger partial charge in [-0.3, -0.25) is 0 Å². The SMILES string of the molecule is CCNC(C)(C)CNCCCCC(F)(F)F. The summed E-state index contributed by atoms with van der Waals surface area (Å²) in [6.45, 7) is 8.48. The highest BCUT2D eigenvalue weighted by atomic mass is 19.4. The molecule has 0 rings (SSSR count). The quantitative estimate of drug-likeness (QED) is 0.637. The van der Waals surface area contributed by atoms with Gasteiger partial charge < -0.3 is 10.6 Å². The highest BCUT2D eigenvalue weighted by Crippen LogP contribution is 2.21. The number of unbranched alkanes of at least 4 members (excludes halogenated alkanes) is 1. The average Bonchev–Trinajstić information content (AvgIpc) is 2.09. The molecule has 0 spiro atoms. The lowest BCUT2D eigenvalue weighted by atomic mass is 10.1. The molecule has 16 heavy (non-hydrogen) atoms. The average molecular weight is 240 g/mol. The normalized spacial score (nSPS) is 13.1. The second kappa shape index (κ2) is 7.12. The Hall–Kier alpha value is -0.290. The molecular weight excluding hydrogens is 217 g/mol. The van der Waals surface area contributed by atoms with Gasteiger partial charge in [0, 0.05) is 18.5 Å². The standard InChI is InChI=1S/C11H23F3N2/c1-4-16-10(2,3)9-15-8-6-5-7-11(12,13)14/h15-16H,4-9H2,1-3H3. The van der Waals surface area contributed by atoms with Crippen LogP contribution in [-0.2, 0) is 0 Å². The van der Waals surface area contributed by atoms with Crippen LogP contribution in [-0.4, -0.2) is 31.3 Å². The van der Waals surface area contributed by atoms with Crippen LogP contribution in [0.3, 0.4) is 0 Å². The molecule has 0 amide bonds. The van der Waals surface area contributed by atoms with Crippen LogP contribution in [0, 0.1) is 0 Å². The fraction of sp³-hybridized carbons (Fsp3) is 1.00. The predicted octanol–water partition coefficient (Wildman–Crippen LogP) is 2.70. The molecule has 0 aliphatic rings. The van der Waals surface area contributed by atoms with E-state index in [1.54, 1.807) is 0 Å². The van der Waals surface area contributed by atoms with E-state index in [-0.39, 0.29) is 12.0 Å². The van der Waals surface area contributed by atoms with Gasteiger partial charge in [-0.15, -0.1) is 0 Å². The molecule has 2 nitrogen and oxygen atoms in total. The maximum absolute atomic E-state index is 11.8. The lowest BCUT2D eigenvalue weighted by Crippen LogP contribution is -2.47. The van der Waals surface area contributed by atoms with Gasteiger partial charge in [0.05, 0.1) is 0 Å². The van der Waals surface area contributed by atoms with Crippen molar-refractivity contribution in [3.8, 4) is 0 Å². The van der Waals surface area contributed by atoms with Crippen LogP contribution in [0.5, 0.6) is 0 Å². The number of hydrogen-bond acceptors (Lipinski definition) is 2. The lowest BCUT2D eigenvalue weighted by Gasteiger charge is -2.26. The summed E-state index contributed by atoms with van der Waals surface area (Å²) in [4.78, 5) is 0. The summed E-state index contributed by atoms with van der Waals surface area (Å²) in [6, 6.07) is 0. The van der Waals surface area contributed by atoms with E-state index in [0.29, 0.717) is 13.0 Å². The summed E-state index contributed by atoms with van der Waals surface area (Å²) in [5.41, 5.74) is -0.00121.